The van der Waals surface area contributed by atoms with E-state index in [1.54, 1.807) is 0 Å². The molecule has 39 heavy (non-hydrogen) atoms. The Morgan fingerprint density at radius 1 is 1.21 bits per heavy atom. The maximum absolute atomic E-state index is 12.2. The summed E-state index contributed by atoms with van der Waals surface area (Å²) in [7, 11) is 1.95. The molecule has 3 heterocycles. The number of aliphatic hydroxyl groups is 2. The lowest BCUT2D eigenvalue weighted by molar-refractivity contribution is -0.108. The first-order chi connectivity index (χ1) is 18.5. The van der Waals surface area contributed by atoms with Crippen molar-refractivity contribution in [2.45, 2.75) is 63.4 Å². The fraction of sp³-hybridized carbons (Fsp3) is 0.556. The topological polar surface area (TPSA) is 164 Å². The van der Waals surface area contributed by atoms with Crippen LogP contribution in [0.2, 0.25) is 0 Å². The van der Waals surface area contributed by atoms with Gasteiger partial charge in [-0.1, -0.05) is 39.3 Å². The van der Waals surface area contributed by atoms with Crippen molar-refractivity contribution in [3.8, 4) is 0 Å². The van der Waals surface area contributed by atoms with E-state index in [1.807, 2.05) is 31.3 Å². The van der Waals surface area contributed by atoms with E-state index >= 15 is 0 Å². The number of aliphatic hydroxyl groups excluding tert-OH is 1. The van der Waals surface area contributed by atoms with Gasteiger partial charge < -0.3 is 36.2 Å². The molecule has 2 aromatic heterocycles. The number of nitrogens with two attached hydrogens (primary N) is 1. The molecule has 0 saturated carbocycles. The Hall–Kier alpha value is -3.32. The maximum Gasteiger partial charge on any atom is 0.319 e. The largest absolute Gasteiger partial charge is 0.385 e. The third-order valence-corrected chi connectivity index (χ3v) is 7.12. The summed E-state index contributed by atoms with van der Waals surface area (Å²) in [4.78, 5) is 26.5. The first-order valence-corrected chi connectivity index (χ1v) is 13.3. The van der Waals surface area contributed by atoms with Gasteiger partial charge in [0.25, 0.3) is 0 Å². The number of rotatable bonds is 10. The van der Waals surface area contributed by atoms with Crippen molar-refractivity contribution >= 4 is 28.7 Å². The number of carbonyl (C=O) groups is 1. The molecule has 1 fully saturated rings. The number of urea groups is 1. The third-order valence-electron chi connectivity index (χ3n) is 7.12. The number of nitrogens with zero attached hydrogens (tertiary/aromatic N) is 5. The molecule has 3 unspecified atom stereocenters. The van der Waals surface area contributed by atoms with E-state index in [9.17, 15) is 15.0 Å². The molecule has 0 bridgehead atoms. The lowest BCUT2D eigenvalue weighted by Gasteiger charge is -2.29. The van der Waals surface area contributed by atoms with Crippen LogP contribution in [-0.4, -0.2) is 86.2 Å². The highest BCUT2D eigenvalue weighted by molar-refractivity contribution is 5.89. The molecule has 4 rings (SSSR count). The number of carbonyl (C=O) groups excluding carboxylic acids is 1. The predicted octanol–water partition coefficient (Wildman–Crippen LogP) is 2.03. The Kier molecular flexibility index (Phi) is 8.70. The van der Waals surface area contributed by atoms with Crippen molar-refractivity contribution < 1.29 is 19.7 Å². The van der Waals surface area contributed by atoms with Gasteiger partial charge in [0, 0.05) is 18.8 Å². The van der Waals surface area contributed by atoms with Gasteiger partial charge in [-0.25, -0.2) is 19.7 Å². The Bertz CT molecular complexity index is 1260. The molecule has 3 aromatic rings. The van der Waals surface area contributed by atoms with Gasteiger partial charge in [0.2, 0.25) is 0 Å². The molecular weight excluding hydrogens is 500 g/mol. The minimum absolute atomic E-state index is 0.0727. The van der Waals surface area contributed by atoms with Gasteiger partial charge in [-0.2, -0.15) is 0 Å². The Morgan fingerprint density at radius 3 is 2.67 bits per heavy atom. The zero-order valence-corrected chi connectivity index (χ0v) is 23.1. The highest BCUT2D eigenvalue weighted by Gasteiger charge is 2.50. The molecule has 0 aliphatic carbocycles. The Balaban J connectivity index is 1.14. The molecule has 1 aromatic carbocycles. The number of hydrogen-bond acceptors (Lipinski definition) is 9. The summed E-state index contributed by atoms with van der Waals surface area (Å²) in [6.45, 7) is 8.18. The van der Waals surface area contributed by atoms with E-state index in [0.717, 1.165) is 31.5 Å². The van der Waals surface area contributed by atoms with Gasteiger partial charge in [-0.05, 0) is 49.5 Å². The average Bonchev–Trinajstić information content (AvgIpc) is 3.45. The van der Waals surface area contributed by atoms with E-state index in [2.05, 4.69) is 51.3 Å². The number of unbranched alkanes of at least 4 members (excludes halogenated alkanes) is 2. The normalized spacial score (nSPS) is 21.5. The van der Waals surface area contributed by atoms with Crippen molar-refractivity contribution in [3.63, 3.8) is 0 Å². The number of hydrogen-bond donors (Lipinski definition) is 5. The third kappa shape index (κ3) is 6.64. The van der Waals surface area contributed by atoms with Crippen LogP contribution in [0.5, 0.6) is 0 Å². The van der Waals surface area contributed by atoms with Crippen LogP contribution in [0.25, 0.3) is 11.2 Å². The molecule has 12 nitrogen and oxygen atoms in total. The van der Waals surface area contributed by atoms with Gasteiger partial charge in [0.15, 0.2) is 17.2 Å². The van der Waals surface area contributed by atoms with E-state index in [-0.39, 0.29) is 23.9 Å². The molecule has 1 aliphatic rings. The van der Waals surface area contributed by atoms with E-state index in [0.29, 0.717) is 24.3 Å². The zero-order chi connectivity index (χ0) is 28.2. The Morgan fingerprint density at radius 2 is 1.95 bits per heavy atom. The number of aromatic nitrogens is 4. The first kappa shape index (κ1) is 28.7. The van der Waals surface area contributed by atoms with Crippen LogP contribution in [0, 0.1) is 0 Å². The van der Waals surface area contributed by atoms with E-state index in [1.165, 1.54) is 22.8 Å². The van der Waals surface area contributed by atoms with Crippen LogP contribution >= 0.6 is 0 Å². The van der Waals surface area contributed by atoms with Gasteiger partial charge >= 0.3 is 6.03 Å². The molecule has 1 aliphatic heterocycles. The summed E-state index contributed by atoms with van der Waals surface area (Å²) in [6.07, 6.45) is 3.63. The molecule has 1 saturated heterocycles. The second-order valence-electron chi connectivity index (χ2n) is 11.2. The summed E-state index contributed by atoms with van der Waals surface area (Å²) < 4.78 is 7.18. The molecule has 0 spiro atoms. The highest BCUT2D eigenvalue weighted by atomic mass is 16.5. The number of ether oxygens (including phenoxy) is 1. The zero-order valence-electron chi connectivity index (χ0n) is 23.1. The van der Waals surface area contributed by atoms with Crippen LogP contribution in [0.1, 0.15) is 45.6 Å². The molecule has 3 atom stereocenters. The standard InChI is InChI=1S/C27H40N8O4/c1-26(2,3)18-8-10-19(11-9-18)33-25(37)29-12-6-5-7-13-34(4)14-20-22(36)27(38,15-39-20)35-17-32-21-23(28)30-16-31-24(21)35/h8-11,16-17,20,22,36,38H,5-7,12-15H2,1-4H3,(H2,28,30,31)(H2,29,33,37). The van der Waals surface area contributed by atoms with Gasteiger partial charge in [-0.15, -0.1) is 0 Å². The summed E-state index contributed by atoms with van der Waals surface area (Å²) in [5.74, 6) is 0.203. The molecule has 12 heteroatoms. The average molecular weight is 541 g/mol. The minimum atomic E-state index is -1.71. The predicted molar refractivity (Wildman–Crippen MR) is 149 cm³/mol. The monoisotopic (exact) mass is 540 g/mol. The lowest BCUT2D eigenvalue weighted by atomic mass is 9.87. The number of likely N-dealkylation sites (N-methyl/N-ethyl adjacent to an activating group) is 1. The Labute approximate surface area is 228 Å². The number of anilines is 2. The molecule has 6 N–H and O–H groups in total. The molecule has 2 amide bonds. The maximum atomic E-state index is 12.2. The fourth-order valence-electron chi connectivity index (χ4n) is 4.72. The number of imidazole rings is 1. The number of amides is 2. The molecule has 212 valence electrons. The number of fused-ring (bicyclic) bond motifs is 1. The van der Waals surface area contributed by atoms with Crippen molar-refractivity contribution in [2.75, 3.05) is 44.3 Å². The summed E-state index contributed by atoms with van der Waals surface area (Å²) in [5.41, 5.74) is 6.89. The van der Waals surface area contributed by atoms with Crippen LogP contribution < -0.4 is 16.4 Å². The van der Waals surface area contributed by atoms with E-state index in [4.69, 9.17) is 10.5 Å². The first-order valence-electron chi connectivity index (χ1n) is 13.3. The number of nitrogens with one attached hydrogen (secondary N) is 2. The van der Waals surface area contributed by atoms with Gasteiger partial charge in [0.05, 0.1) is 12.9 Å². The summed E-state index contributed by atoms with van der Waals surface area (Å²) >= 11 is 0. The van der Waals surface area contributed by atoms with Gasteiger partial charge in [0.1, 0.15) is 24.1 Å². The summed E-state index contributed by atoms with van der Waals surface area (Å²) in [6, 6.07) is 7.70. The number of nitrogen functional groups attached to an aromatic ring is 1. The highest BCUT2D eigenvalue weighted by Crippen LogP contribution is 2.32. The van der Waals surface area contributed by atoms with Crippen molar-refractivity contribution in [1.29, 1.82) is 0 Å². The second-order valence-corrected chi connectivity index (χ2v) is 11.2. The SMILES string of the molecule is CN(CCCCCNC(=O)Nc1ccc(C(C)(C)C)cc1)CC1OCC(O)(n2cnc3c(N)ncnc32)C1O. The van der Waals surface area contributed by atoms with E-state index < -0.39 is 17.9 Å². The van der Waals surface area contributed by atoms with Crippen molar-refractivity contribution in [1.82, 2.24) is 29.7 Å². The van der Waals surface area contributed by atoms with Crippen LogP contribution in [-0.2, 0) is 15.9 Å². The minimum Gasteiger partial charge on any atom is -0.385 e. The fourth-order valence-corrected chi connectivity index (χ4v) is 4.72. The quantitative estimate of drug-likeness (QED) is 0.242. The van der Waals surface area contributed by atoms with Crippen molar-refractivity contribution in [2.24, 2.45) is 0 Å². The number of benzene rings is 1. The van der Waals surface area contributed by atoms with Crippen LogP contribution in [0.15, 0.2) is 36.9 Å². The van der Waals surface area contributed by atoms with Gasteiger partial charge in [-0.3, -0.25) is 4.57 Å². The second kappa shape index (κ2) is 11.8. The molecule has 0 radical (unpaired) electrons. The van der Waals surface area contributed by atoms with Crippen molar-refractivity contribution in [3.05, 3.63) is 42.5 Å². The van der Waals surface area contributed by atoms with Crippen LogP contribution in [0.4, 0.5) is 16.3 Å². The van der Waals surface area contributed by atoms with Crippen LogP contribution in [0.3, 0.4) is 0 Å². The smallest absolute Gasteiger partial charge is 0.319 e. The summed E-state index contributed by atoms with van der Waals surface area (Å²) in [5, 5.41) is 27.9. The molecular formula is C27H40N8O4. The lowest BCUT2D eigenvalue weighted by Crippen LogP contribution is -2.48.